The van der Waals surface area contributed by atoms with E-state index in [1.54, 1.807) is 12.1 Å². The molecule has 1 fully saturated rings. The molecule has 2 aromatic carbocycles. The normalized spacial score (nSPS) is 14.8. The lowest BCUT2D eigenvalue weighted by molar-refractivity contribution is -0.125. The third kappa shape index (κ3) is 4.23. The van der Waals surface area contributed by atoms with Crippen LogP contribution in [0.25, 0.3) is 10.9 Å². The Kier molecular flexibility index (Phi) is 6.24. The first-order valence-corrected chi connectivity index (χ1v) is 10.9. The van der Waals surface area contributed by atoms with Crippen molar-refractivity contribution >= 4 is 39.8 Å². The van der Waals surface area contributed by atoms with E-state index in [1.807, 2.05) is 13.0 Å². The Labute approximate surface area is 190 Å². The summed E-state index contributed by atoms with van der Waals surface area (Å²) < 4.78 is 19.3. The molecule has 0 bridgehead atoms. The maximum atomic E-state index is 13.5. The number of hydrogen-bond acceptors (Lipinski definition) is 6. The summed E-state index contributed by atoms with van der Waals surface area (Å²) in [7, 11) is 0. The van der Waals surface area contributed by atoms with Crippen LogP contribution in [0.4, 0.5) is 15.9 Å². The van der Waals surface area contributed by atoms with Crippen LogP contribution < -0.4 is 10.1 Å². The van der Waals surface area contributed by atoms with Gasteiger partial charge >= 0.3 is 0 Å². The number of ether oxygens (including phenoxy) is 1. The van der Waals surface area contributed by atoms with Crippen molar-refractivity contribution in [2.75, 3.05) is 11.9 Å². The molecule has 0 radical (unpaired) electrons. The highest BCUT2D eigenvalue weighted by Crippen LogP contribution is 2.40. The van der Waals surface area contributed by atoms with E-state index in [2.05, 4.69) is 21.4 Å². The fourth-order valence-electron chi connectivity index (χ4n) is 4.14. The molecular weight excluding hydrogens is 431 g/mol. The lowest BCUT2D eigenvalue weighted by Gasteiger charge is -2.20. The minimum Gasteiger partial charge on any atom is -0.494 e. The highest BCUT2D eigenvalue weighted by Gasteiger charge is 2.41. The summed E-state index contributed by atoms with van der Waals surface area (Å²) in [5.41, 5.74) is 0.960. The SMILES string of the molecule is CCOc1cc2ncnc(Nc3ccc(F)c(Cl)c3)c2cc1CC(=O)C1(C#N)CCCC1. The van der Waals surface area contributed by atoms with Crippen LogP contribution in [-0.4, -0.2) is 22.4 Å². The van der Waals surface area contributed by atoms with E-state index in [0.29, 0.717) is 53.2 Å². The predicted octanol–water partition coefficient (Wildman–Crippen LogP) is 5.76. The Morgan fingerprint density at radius 1 is 1.28 bits per heavy atom. The standard InChI is InChI=1S/C24H22ClFN4O2/c1-2-32-21-12-20-17(9-15(21)10-22(31)24(13-27)7-3-4-8-24)23(29-14-28-20)30-16-5-6-19(26)18(25)11-16/h5-6,9,11-12,14H,2-4,7-8,10H2,1H3,(H,28,29,30). The number of fused-ring (bicyclic) bond motifs is 1. The molecule has 3 aromatic rings. The first kappa shape index (κ1) is 22.0. The fraction of sp³-hybridized carbons (Fsp3) is 0.333. The minimum absolute atomic E-state index is 0.00311. The summed E-state index contributed by atoms with van der Waals surface area (Å²) >= 11 is 5.90. The van der Waals surface area contributed by atoms with Crippen molar-refractivity contribution in [2.24, 2.45) is 5.41 Å². The molecule has 1 N–H and O–H groups in total. The maximum absolute atomic E-state index is 13.5. The molecule has 6 nitrogen and oxygen atoms in total. The number of nitrogens with one attached hydrogen (secondary N) is 1. The first-order valence-electron chi connectivity index (χ1n) is 10.5. The van der Waals surface area contributed by atoms with E-state index in [-0.39, 0.29) is 17.2 Å². The van der Waals surface area contributed by atoms with Crippen LogP contribution in [0, 0.1) is 22.6 Å². The molecule has 1 aliphatic rings. The van der Waals surface area contributed by atoms with Gasteiger partial charge < -0.3 is 10.1 Å². The molecule has 1 aliphatic carbocycles. The van der Waals surface area contributed by atoms with E-state index < -0.39 is 11.2 Å². The van der Waals surface area contributed by atoms with Crippen molar-refractivity contribution in [1.29, 1.82) is 5.26 Å². The number of halogens is 2. The summed E-state index contributed by atoms with van der Waals surface area (Å²) in [5, 5.41) is 13.5. The van der Waals surface area contributed by atoms with Gasteiger partial charge in [0.25, 0.3) is 0 Å². The van der Waals surface area contributed by atoms with Gasteiger partial charge in [0.1, 0.15) is 29.1 Å². The monoisotopic (exact) mass is 452 g/mol. The number of anilines is 2. The number of carbonyl (C=O) groups is 1. The summed E-state index contributed by atoms with van der Waals surface area (Å²) in [6.07, 6.45) is 4.48. The Hall–Kier alpha value is -3.24. The van der Waals surface area contributed by atoms with Gasteiger partial charge in [-0.05, 0) is 44.0 Å². The molecule has 0 amide bonds. The van der Waals surface area contributed by atoms with E-state index in [1.165, 1.54) is 18.5 Å². The smallest absolute Gasteiger partial charge is 0.157 e. The van der Waals surface area contributed by atoms with Gasteiger partial charge in [-0.2, -0.15) is 5.26 Å². The van der Waals surface area contributed by atoms with Crippen LogP contribution in [0.2, 0.25) is 5.02 Å². The lowest BCUT2D eigenvalue weighted by atomic mass is 9.80. The number of rotatable bonds is 7. The van der Waals surface area contributed by atoms with E-state index in [0.717, 1.165) is 12.8 Å². The number of carbonyl (C=O) groups excluding carboxylic acids is 1. The maximum Gasteiger partial charge on any atom is 0.157 e. The fourth-order valence-corrected chi connectivity index (χ4v) is 4.32. The van der Waals surface area contributed by atoms with Crippen LogP contribution in [-0.2, 0) is 11.2 Å². The van der Waals surface area contributed by atoms with E-state index in [4.69, 9.17) is 16.3 Å². The quantitative estimate of drug-likeness (QED) is 0.490. The summed E-state index contributed by atoms with van der Waals surface area (Å²) in [5.74, 6) is 0.457. The molecular formula is C24H22ClFN4O2. The van der Waals surface area contributed by atoms with Gasteiger partial charge in [0.15, 0.2) is 5.78 Å². The molecule has 0 aliphatic heterocycles. The van der Waals surface area contributed by atoms with Crippen LogP contribution >= 0.6 is 11.6 Å². The largest absolute Gasteiger partial charge is 0.494 e. The zero-order valence-electron chi connectivity index (χ0n) is 17.6. The second-order valence-electron chi connectivity index (χ2n) is 7.89. The number of nitriles is 1. The number of hydrogen-bond donors (Lipinski definition) is 1. The Morgan fingerprint density at radius 3 is 2.75 bits per heavy atom. The van der Waals surface area contributed by atoms with E-state index in [9.17, 15) is 14.4 Å². The molecule has 0 atom stereocenters. The van der Waals surface area contributed by atoms with Gasteiger partial charge in [-0.25, -0.2) is 14.4 Å². The molecule has 32 heavy (non-hydrogen) atoms. The van der Waals surface area contributed by atoms with Crippen molar-refractivity contribution in [3.8, 4) is 11.8 Å². The number of ketones is 1. The highest BCUT2D eigenvalue weighted by molar-refractivity contribution is 6.31. The van der Waals surface area contributed by atoms with Crippen LogP contribution in [0.3, 0.4) is 0 Å². The van der Waals surface area contributed by atoms with Crippen LogP contribution in [0.15, 0.2) is 36.7 Å². The third-order valence-corrected chi connectivity index (χ3v) is 6.15. The number of benzene rings is 2. The average molecular weight is 453 g/mol. The van der Waals surface area contributed by atoms with Gasteiger partial charge in [0.05, 0.1) is 23.2 Å². The molecule has 4 rings (SSSR count). The Morgan fingerprint density at radius 2 is 2.06 bits per heavy atom. The van der Waals surface area contributed by atoms with Crippen LogP contribution in [0.5, 0.6) is 5.75 Å². The van der Waals surface area contributed by atoms with Crippen molar-refractivity contribution in [2.45, 2.75) is 39.0 Å². The van der Waals surface area contributed by atoms with Crippen molar-refractivity contribution in [3.05, 3.63) is 53.1 Å². The molecule has 0 saturated heterocycles. The summed E-state index contributed by atoms with van der Waals surface area (Å²) in [6.45, 7) is 2.30. The third-order valence-electron chi connectivity index (χ3n) is 5.86. The van der Waals surface area contributed by atoms with Crippen molar-refractivity contribution in [1.82, 2.24) is 9.97 Å². The number of nitrogens with zero attached hydrogens (tertiary/aromatic N) is 3. The zero-order valence-corrected chi connectivity index (χ0v) is 18.4. The van der Waals surface area contributed by atoms with Gasteiger partial charge in [0.2, 0.25) is 0 Å². The van der Waals surface area contributed by atoms with Crippen LogP contribution in [0.1, 0.15) is 38.2 Å². The molecule has 0 spiro atoms. The average Bonchev–Trinajstić information content (AvgIpc) is 3.28. The van der Waals surface area contributed by atoms with Crippen molar-refractivity contribution < 1.29 is 13.9 Å². The van der Waals surface area contributed by atoms with Gasteiger partial charge in [-0.15, -0.1) is 0 Å². The lowest BCUT2D eigenvalue weighted by Crippen LogP contribution is -2.28. The van der Waals surface area contributed by atoms with Gasteiger partial charge in [-0.1, -0.05) is 24.4 Å². The first-order chi connectivity index (χ1) is 15.5. The molecule has 1 heterocycles. The zero-order chi connectivity index (χ0) is 22.7. The second-order valence-corrected chi connectivity index (χ2v) is 8.29. The van der Waals surface area contributed by atoms with Gasteiger partial charge in [0, 0.05) is 29.1 Å². The molecule has 8 heteroatoms. The summed E-state index contributed by atoms with van der Waals surface area (Å²) in [4.78, 5) is 21.8. The number of aromatic nitrogens is 2. The summed E-state index contributed by atoms with van der Waals surface area (Å²) in [6, 6.07) is 10.2. The Bertz CT molecular complexity index is 1220. The number of Topliss-reactive ketones (excluding diaryl/α,β-unsaturated/α-hetero) is 1. The Balaban J connectivity index is 1.74. The molecule has 0 unspecified atom stereocenters. The van der Waals surface area contributed by atoms with Crippen molar-refractivity contribution in [3.63, 3.8) is 0 Å². The highest BCUT2D eigenvalue weighted by atomic mass is 35.5. The second kappa shape index (κ2) is 9.09. The molecule has 1 aromatic heterocycles. The topological polar surface area (TPSA) is 87.9 Å². The predicted molar refractivity (Wildman–Crippen MR) is 121 cm³/mol. The van der Waals surface area contributed by atoms with E-state index >= 15 is 0 Å². The molecule has 1 saturated carbocycles. The minimum atomic E-state index is -0.919. The van der Waals surface area contributed by atoms with Gasteiger partial charge in [-0.3, -0.25) is 4.79 Å². The molecule has 164 valence electrons.